The van der Waals surface area contributed by atoms with Crippen molar-refractivity contribution >= 4 is 81.3 Å². The van der Waals surface area contributed by atoms with Crippen molar-refractivity contribution in [3.05, 3.63) is 175 Å². The van der Waals surface area contributed by atoms with E-state index in [0.717, 1.165) is 44.4 Å². The quantitative estimate of drug-likeness (QED) is 0.170. The van der Waals surface area contributed by atoms with Gasteiger partial charge >= 0.3 is 0 Å². The van der Waals surface area contributed by atoms with E-state index in [4.69, 9.17) is 4.42 Å². The van der Waals surface area contributed by atoms with Crippen molar-refractivity contribution in [1.82, 2.24) is 0 Å². The minimum Gasteiger partial charge on any atom is -0.456 e. The fraction of sp³-hybridized carbons (Fsp3) is 0.115. The summed E-state index contributed by atoms with van der Waals surface area (Å²) in [5.74, 6) is 0.583. The van der Waals surface area contributed by atoms with E-state index in [9.17, 15) is 0 Å². The van der Waals surface area contributed by atoms with E-state index in [0.29, 0.717) is 5.92 Å². The second-order valence-corrected chi connectivity index (χ2v) is 16.0. The molecule has 0 atom stereocenters. The first-order valence-corrected chi connectivity index (χ1v) is 20.4. The van der Waals surface area contributed by atoms with Gasteiger partial charge in [-0.1, -0.05) is 153 Å². The summed E-state index contributed by atoms with van der Waals surface area (Å²) in [7, 11) is 0. The maximum atomic E-state index is 6.44. The van der Waals surface area contributed by atoms with Crippen molar-refractivity contribution in [3.63, 3.8) is 0 Å². The summed E-state index contributed by atoms with van der Waals surface area (Å²) in [6.45, 7) is 0. The Morgan fingerprint density at radius 1 is 0.436 bits per heavy atom. The van der Waals surface area contributed by atoms with E-state index in [-0.39, 0.29) is 0 Å². The molecule has 0 aliphatic heterocycles. The smallest absolute Gasteiger partial charge is 0.136 e. The Labute approximate surface area is 324 Å². The molecule has 55 heavy (non-hydrogen) atoms. The van der Waals surface area contributed by atoms with Crippen LogP contribution in [0.3, 0.4) is 0 Å². The molecule has 2 heterocycles. The minimum absolute atomic E-state index is 0.583. The van der Waals surface area contributed by atoms with Gasteiger partial charge in [0.15, 0.2) is 0 Å². The maximum Gasteiger partial charge on any atom is 0.136 e. The number of anilines is 3. The number of fused-ring (bicyclic) bond motifs is 7. The molecule has 2 aromatic heterocycles. The average molecular weight is 726 g/mol. The number of hydrogen-bond acceptors (Lipinski definition) is 3. The zero-order valence-electron chi connectivity index (χ0n) is 30.5. The highest BCUT2D eigenvalue weighted by Crippen LogP contribution is 2.51. The molecule has 264 valence electrons. The molecule has 10 aromatic rings. The lowest BCUT2D eigenvalue weighted by atomic mass is 9.80. The van der Waals surface area contributed by atoms with Gasteiger partial charge in [-0.25, -0.2) is 0 Å². The van der Waals surface area contributed by atoms with Gasteiger partial charge in [0.25, 0.3) is 0 Å². The third-order valence-electron chi connectivity index (χ3n) is 11.9. The normalized spacial score (nSPS) is 13.7. The molecule has 1 aliphatic carbocycles. The van der Waals surface area contributed by atoms with Gasteiger partial charge in [-0.15, -0.1) is 11.3 Å². The molecule has 11 rings (SSSR count). The van der Waals surface area contributed by atoms with E-state index < -0.39 is 0 Å². The van der Waals surface area contributed by atoms with Crippen LogP contribution in [0.4, 0.5) is 17.1 Å². The molecule has 1 saturated carbocycles. The van der Waals surface area contributed by atoms with Crippen LogP contribution in [0, 0.1) is 0 Å². The summed E-state index contributed by atoms with van der Waals surface area (Å²) in [5.41, 5.74) is 11.6. The first-order chi connectivity index (χ1) is 27.3. The van der Waals surface area contributed by atoms with Crippen molar-refractivity contribution in [1.29, 1.82) is 0 Å². The third kappa shape index (κ3) is 5.29. The Kier molecular flexibility index (Phi) is 7.81. The van der Waals surface area contributed by atoms with Gasteiger partial charge < -0.3 is 9.32 Å². The summed E-state index contributed by atoms with van der Waals surface area (Å²) in [6, 6.07) is 62.5. The number of benzene rings is 8. The zero-order chi connectivity index (χ0) is 36.3. The molecule has 0 bridgehead atoms. The molecule has 0 saturated heterocycles. The molecule has 0 N–H and O–H groups in total. The molecular weight excluding hydrogens is 687 g/mol. The topological polar surface area (TPSA) is 16.4 Å². The highest BCUT2D eigenvalue weighted by Gasteiger charge is 2.26. The number of furan rings is 1. The van der Waals surface area contributed by atoms with E-state index in [2.05, 4.69) is 175 Å². The molecule has 0 spiro atoms. The Morgan fingerprint density at radius 3 is 1.80 bits per heavy atom. The molecular formula is C52H39NOS. The Morgan fingerprint density at radius 2 is 1.00 bits per heavy atom. The largest absolute Gasteiger partial charge is 0.456 e. The van der Waals surface area contributed by atoms with Crippen molar-refractivity contribution in [2.24, 2.45) is 0 Å². The van der Waals surface area contributed by atoms with Crippen molar-refractivity contribution in [2.75, 3.05) is 4.90 Å². The van der Waals surface area contributed by atoms with E-state index in [1.165, 1.54) is 85.4 Å². The number of thiophene rings is 1. The Balaban J connectivity index is 1.22. The highest BCUT2D eigenvalue weighted by atomic mass is 32.1. The van der Waals surface area contributed by atoms with Crippen LogP contribution >= 0.6 is 11.3 Å². The van der Waals surface area contributed by atoms with Crippen LogP contribution in [0.2, 0.25) is 0 Å². The van der Waals surface area contributed by atoms with Gasteiger partial charge in [0.1, 0.15) is 11.2 Å². The van der Waals surface area contributed by atoms with Crippen LogP contribution in [-0.4, -0.2) is 0 Å². The van der Waals surface area contributed by atoms with Crippen LogP contribution in [0.25, 0.3) is 75.1 Å². The molecule has 8 aromatic carbocycles. The fourth-order valence-corrected chi connectivity index (χ4v) is 10.6. The third-order valence-corrected chi connectivity index (χ3v) is 13.1. The first kappa shape index (κ1) is 32.3. The highest BCUT2D eigenvalue weighted by molar-refractivity contribution is 7.26. The second kappa shape index (κ2) is 13.3. The summed E-state index contributed by atoms with van der Waals surface area (Å²) in [4.78, 5) is 2.55. The van der Waals surface area contributed by atoms with Crippen LogP contribution in [0.15, 0.2) is 174 Å². The summed E-state index contributed by atoms with van der Waals surface area (Å²) in [5, 5.41) is 7.56. The van der Waals surface area contributed by atoms with Gasteiger partial charge in [0.2, 0.25) is 0 Å². The molecule has 0 unspecified atom stereocenters. The van der Waals surface area contributed by atoms with Crippen LogP contribution in [-0.2, 0) is 0 Å². The molecule has 1 aliphatic rings. The van der Waals surface area contributed by atoms with E-state index >= 15 is 0 Å². The number of hydrogen-bond donors (Lipinski definition) is 0. The standard InChI is InChI=1S/C52H39NOS/c1-2-16-34(17-3-1)36-24-12-18-35-19-13-25-40(50(35)36)37-20-4-8-28-44(37)53(46-30-14-27-42-39-22-7-11-33-49(39)55-52(42)46)45-29-9-5-21-38(45)41-26-15-32-48-51(41)43-23-6-10-31-47(43)54-48/h4-15,18-34H,1-3,16-17H2. The van der Waals surface area contributed by atoms with E-state index in [1.54, 1.807) is 0 Å². The fourth-order valence-electron chi connectivity index (χ4n) is 9.44. The lowest BCUT2D eigenvalue weighted by Crippen LogP contribution is -2.13. The second-order valence-electron chi connectivity index (χ2n) is 15.0. The first-order valence-electron chi connectivity index (χ1n) is 19.6. The van der Waals surface area contributed by atoms with Crippen LogP contribution in [0.5, 0.6) is 0 Å². The Hall–Kier alpha value is -6.16. The van der Waals surface area contributed by atoms with Crippen LogP contribution in [0.1, 0.15) is 43.6 Å². The Bertz CT molecular complexity index is 3050. The zero-order valence-corrected chi connectivity index (χ0v) is 31.4. The maximum absolute atomic E-state index is 6.44. The molecule has 0 radical (unpaired) electrons. The molecule has 3 heteroatoms. The molecule has 2 nitrogen and oxygen atoms in total. The van der Waals surface area contributed by atoms with Crippen LogP contribution < -0.4 is 4.90 Å². The van der Waals surface area contributed by atoms with E-state index in [1.807, 2.05) is 11.3 Å². The summed E-state index contributed by atoms with van der Waals surface area (Å²) < 4.78 is 9.02. The van der Waals surface area contributed by atoms with Gasteiger partial charge in [-0.3, -0.25) is 0 Å². The van der Waals surface area contributed by atoms with Crippen molar-refractivity contribution in [2.45, 2.75) is 38.0 Å². The number of nitrogens with zero attached hydrogens (tertiary/aromatic N) is 1. The SMILES string of the molecule is c1ccc(N(c2ccccc2-c2cccc3oc4ccccc4c23)c2cccc3c2sc2ccccc23)c(-c2cccc3cccc(C4CCCCC4)c23)c1. The number of para-hydroxylation sites is 3. The van der Waals surface area contributed by atoms with Gasteiger partial charge in [0.05, 0.1) is 21.8 Å². The summed E-state index contributed by atoms with van der Waals surface area (Å²) in [6.07, 6.45) is 6.48. The molecule has 0 amide bonds. The van der Waals surface area contributed by atoms with Gasteiger partial charge in [-0.05, 0) is 82.6 Å². The molecule has 1 fully saturated rings. The minimum atomic E-state index is 0.583. The van der Waals surface area contributed by atoms with Crippen molar-refractivity contribution in [3.8, 4) is 22.3 Å². The average Bonchev–Trinajstić information content (AvgIpc) is 3.83. The summed E-state index contributed by atoms with van der Waals surface area (Å²) >= 11 is 1.88. The van der Waals surface area contributed by atoms with Crippen molar-refractivity contribution < 1.29 is 4.42 Å². The van der Waals surface area contributed by atoms with Gasteiger partial charge in [-0.2, -0.15) is 0 Å². The number of rotatable bonds is 6. The predicted octanol–water partition coefficient (Wildman–Crippen LogP) is 16.0. The monoisotopic (exact) mass is 725 g/mol. The predicted molar refractivity (Wildman–Crippen MR) is 235 cm³/mol. The van der Waals surface area contributed by atoms with Gasteiger partial charge in [0, 0.05) is 37.4 Å². The lowest BCUT2D eigenvalue weighted by Gasteiger charge is -2.31. The lowest BCUT2D eigenvalue weighted by molar-refractivity contribution is 0.445.